The van der Waals surface area contributed by atoms with Crippen LogP contribution in [0.25, 0.3) is 11.1 Å². The molecule has 2 amide bonds. The van der Waals surface area contributed by atoms with Crippen LogP contribution in [0.5, 0.6) is 0 Å². The van der Waals surface area contributed by atoms with Gasteiger partial charge in [-0.25, -0.2) is 4.79 Å². The number of aliphatic carboxylic acids is 1. The van der Waals surface area contributed by atoms with Crippen molar-refractivity contribution in [3.05, 3.63) is 71.8 Å². The van der Waals surface area contributed by atoms with E-state index in [0.29, 0.717) is 13.0 Å². The van der Waals surface area contributed by atoms with Gasteiger partial charge in [-0.2, -0.15) is 0 Å². The van der Waals surface area contributed by atoms with Gasteiger partial charge in [-0.15, -0.1) is 0 Å². The summed E-state index contributed by atoms with van der Waals surface area (Å²) in [5.74, 6) is -1.63. The molecule has 2 aromatic carbocycles. The molecule has 2 unspecified atom stereocenters. The number of hydrogen-bond donors (Lipinski definition) is 3. The van der Waals surface area contributed by atoms with Gasteiger partial charge in [0.2, 0.25) is 5.91 Å². The zero-order chi connectivity index (χ0) is 24.4. The summed E-state index contributed by atoms with van der Waals surface area (Å²) in [7, 11) is 0. The van der Waals surface area contributed by atoms with E-state index >= 15 is 0 Å². The SMILES string of the molecule is O=C(NC[C@@H]1CCC[C@@H]1C(=O)NC1C=CC(C(=O)O)C1)OCC1c2ccccc2-c2ccccc21. The second kappa shape index (κ2) is 9.94. The van der Waals surface area contributed by atoms with Crippen LogP contribution in [0.1, 0.15) is 42.7 Å². The molecule has 0 saturated heterocycles. The smallest absolute Gasteiger partial charge is 0.407 e. The van der Waals surface area contributed by atoms with Crippen LogP contribution in [-0.2, 0) is 14.3 Å². The molecule has 7 nitrogen and oxygen atoms in total. The maximum absolute atomic E-state index is 12.8. The van der Waals surface area contributed by atoms with Crippen LogP contribution in [0, 0.1) is 17.8 Å². The lowest BCUT2D eigenvalue weighted by atomic mass is 9.94. The molecular formula is C28H30N2O5. The fourth-order valence-electron chi connectivity index (χ4n) is 5.77. The second-order valence-corrected chi connectivity index (χ2v) is 9.68. The number of amides is 2. The molecule has 0 heterocycles. The molecule has 0 bridgehead atoms. The summed E-state index contributed by atoms with van der Waals surface area (Å²) in [5, 5.41) is 15.0. The molecule has 7 heteroatoms. The van der Waals surface area contributed by atoms with Crippen molar-refractivity contribution in [1.82, 2.24) is 10.6 Å². The zero-order valence-corrected chi connectivity index (χ0v) is 19.5. The molecule has 3 aliphatic rings. The van der Waals surface area contributed by atoms with Crippen molar-refractivity contribution in [3.8, 4) is 11.1 Å². The van der Waals surface area contributed by atoms with Gasteiger partial charge < -0.3 is 20.5 Å². The third-order valence-electron chi connectivity index (χ3n) is 7.58. The minimum atomic E-state index is -0.871. The van der Waals surface area contributed by atoms with Crippen molar-refractivity contribution in [2.45, 2.75) is 37.6 Å². The largest absolute Gasteiger partial charge is 0.481 e. The number of nitrogens with one attached hydrogen (secondary N) is 2. The van der Waals surface area contributed by atoms with Crippen molar-refractivity contribution >= 4 is 18.0 Å². The number of benzene rings is 2. The lowest BCUT2D eigenvalue weighted by Crippen LogP contribution is -2.41. The fourth-order valence-corrected chi connectivity index (χ4v) is 5.77. The average Bonchev–Trinajstić information content (AvgIpc) is 3.59. The monoisotopic (exact) mass is 474 g/mol. The molecule has 3 aliphatic carbocycles. The van der Waals surface area contributed by atoms with Crippen LogP contribution < -0.4 is 10.6 Å². The molecule has 3 N–H and O–H groups in total. The van der Waals surface area contributed by atoms with Crippen LogP contribution >= 0.6 is 0 Å². The molecule has 0 radical (unpaired) electrons. The highest BCUT2D eigenvalue weighted by molar-refractivity contribution is 5.81. The third kappa shape index (κ3) is 4.81. The standard InChI is InChI=1S/C28H30N2O5/c31-26(30-19-13-12-17(14-19)27(32)33)20-11-5-6-18(20)15-29-28(34)35-16-25-23-9-3-1-7-21(23)22-8-2-4-10-24(22)25/h1-4,7-10,12-13,17-20,25H,5-6,11,14-16H2,(H,29,34)(H,30,31)(H,32,33)/t17?,18-,19?,20-/m0/s1. The van der Waals surface area contributed by atoms with E-state index < -0.39 is 18.0 Å². The summed E-state index contributed by atoms with van der Waals surface area (Å²) in [6.07, 6.45) is 5.86. The van der Waals surface area contributed by atoms with E-state index in [9.17, 15) is 14.4 Å². The van der Waals surface area contributed by atoms with Gasteiger partial charge in [-0.3, -0.25) is 9.59 Å². The van der Waals surface area contributed by atoms with Gasteiger partial charge in [0.05, 0.1) is 5.92 Å². The summed E-state index contributed by atoms with van der Waals surface area (Å²) >= 11 is 0. The Labute approximate surface area is 204 Å². The predicted molar refractivity (Wildman–Crippen MR) is 131 cm³/mol. The minimum Gasteiger partial charge on any atom is -0.481 e. The Morgan fingerprint density at radius 3 is 2.29 bits per heavy atom. The summed E-state index contributed by atoms with van der Waals surface area (Å²) in [5.41, 5.74) is 4.70. The number of ether oxygens (including phenoxy) is 1. The minimum absolute atomic E-state index is 0.00671. The van der Waals surface area contributed by atoms with Crippen molar-refractivity contribution in [1.29, 1.82) is 0 Å². The van der Waals surface area contributed by atoms with Gasteiger partial charge in [-0.1, -0.05) is 67.1 Å². The zero-order valence-electron chi connectivity index (χ0n) is 19.5. The predicted octanol–water partition coefficient (Wildman–Crippen LogP) is 4.09. The topological polar surface area (TPSA) is 105 Å². The first-order valence-electron chi connectivity index (χ1n) is 12.3. The third-order valence-corrected chi connectivity index (χ3v) is 7.58. The summed E-state index contributed by atoms with van der Waals surface area (Å²) in [6, 6.07) is 16.2. The Morgan fingerprint density at radius 1 is 0.943 bits per heavy atom. The number of hydrogen-bond acceptors (Lipinski definition) is 4. The van der Waals surface area contributed by atoms with Crippen molar-refractivity contribution in [3.63, 3.8) is 0 Å². The highest BCUT2D eigenvalue weighted by Crippen LogP contribution is 2.44. The maximum Gasteiger partial charge on any atom is 0.407 e. The highest BCUT2D eigenvalue weighted by atomic mass is 16.5. The lowest BCUT2D eigenvalue weighted by Gasteiger charge is -2.22. The maximum atomic E-state index is 12.8. The number of carboxylic acid groups (broad SMARTS) is 1. The summed E-state index contributed by atoms with van der Waals surface area (Å²) in [6.45, 7) is 0.639. The Hall–Kier alpha value is -3.61. The molecular weight excluding hydrogens is 444 g/mol. The summed E-state index contributed by atoms with van der Waals surface area (Å²) < 4.78 is 5.62. The van der Waals surface area contributed by atoms with Crippen LogP contribution in [0.15, 0.2) is 60.7 Å². The van der Waals surface area contributed by atoms with Crippen molar-refractivity contribution < 1.29 is 24.2 Å². The number of rotatable bonds is 7. The van der Waals surface area contributed by atoms with Crippen molar-refractivity contribution in [2.24, 2.45) is 17.8 Å². The average molecular weight is 475 g/mol. The molecule has 1 saturated carbocycles. The molecule has 4 atom stereocenters. The molecule has 0 spiro atoms. The number of alkyl carbamates (subject to hydrolysis) is 1. The van der Waals surface area contributed by atoms with E-state index in [1.54, 1.807) is 12.2 Å². The molecule has 35 heavy (non-hydrogen) atoms. The molecule has 0 aliphatic heterocycles. The molecule has 5 rings (SSSR count). The van der Waals surface area contributed by atoms with Crippen LogP contribution in [0.4, 0.5) is 4.79 Å². The van der Waals surface area contributed by atoms with Gasteiger partial charge in [-0.05, 0) is 47.4 Å². The Balaban J connectivity index is 1.12. The van der Waals surface area contributed by atoms with E-state index in [0.717, 1.165) is 19.3 Å². The van der Waals surface area contributed by atoms with Gasteiger partial charge in [0.1, 0.15) is 6.61 Å². The van der Waals surface area contributed by atoms with Gasteiger partial charge in [0.15, 0.2) is 0 Å². The quantitative estimate of drug-likeness (QED) is 0.525. The van der Waals surface area contributed by atoms with Crippen molar-refractivity contribution in [2.75, 3.05) is 13.2 Å². The van der Waals surface area contributed by atoms with E-state index in [1.807, 2.05) is 24.3 Å². The first-order valence-corrected chi connectivity index (χ1v) is 12.3. The van der Waals surface area contributed by atoms with E-state index in [-0.39, 0.29) is 36.3 Å². The van der Waals surface area contributed by atoms with Gasteiger partial charge in [0.25, 0.3) is 0 Å². The number of carbonyl (C=O) groups excluding carboxylic acids is 2. The molecule has 182 valence electrons. The lowest BCUT2D eigenvalue weighted by molar-refractivity contribution is -0.140. The normalized spacial score (nSPS) is 24.6. The Bertz CT molecular complexity index is 1110. The Kier molecular flexibility index (Phi) is 6.57. The first kappa shape index (κ1) is 23.1. The fraction of sp³-hybridized carbons (Fsp3) is 0.393. The van der Waals surface area contributed by atoms with E-state index in [1.165, 1.54) is 22.3 Å². The molecule has 1 fully saturated rings. The Morgan fingerprint density at radius 2 is 1.63 bits per heavy atom. The van der Waals surface area contributed by atoms with E-state index in [4.69, 9.17) is 9.84 Å². The number of carbonyl (C=O) groups is 3. The van der Waals surface area contributed by atoms with Crippen LogP contribution in [0.2, 0.25) is 0 Å². The number of fused-ring (bicyclic) bond motifs is 3. The second-order valence-electron chi connectivity index (χ2n) is 9.68. The van der Waals surface area contributed by atoms with Gasteiger partial charge >= 0.3 is 12.1 Å². The van der Waals surface area contributed by atoms with Gasteiger partial charge in [0, 0.05) is 24.4 Å². The first-order chi connectivity index (χ1) is 17.0. The van der Waals surface area contributed by atoms with Crippen LogP contribution in [0.3, 0.4) is 0 Å². The highest BCUT2D eigenvalue weighted by Gasteiger charge is 2.35. The number of carboxylic acids is 1. The van der Waals surface area contributed by atoms with E-state index in [2.05, 4.69) is 34.9 Å². The summed E-state index contributed by atoms with van der Waals surface area (Å²) in [4.78, 5) is 36.5. The van der Waals surface area contributed by atoms with Crippen LogP contribution in [-0.4, -0.2) is 42.3 Å². The molecule has 2 aromatic rings. The molecule has 0 aromatic heterocycles.